The van der Waals surface area contributed by atoms with Crippen molar-refractivity contribution < 1.29 is 4.42 Å². The molecule has 3 heterocycles. The van der Waals surface area contributed by atoms with Crippen LogP contribution in [0.3, 0.4) is 0 Å². The highest BCUT2D eigenvalue weighted by Gasteiger charge is 2.35. The Morgan fingerprint density at radius 2 is 1.28 bits per heavy atom. The van der Waals surface area contributed by atoms with Crippen molar-refractivity contribution in [1.29, 1.82) is 0 Å². The number of furan rings is 1. The fraction of sp³-hybridized carbons (Fsp3) is 0.0698. The van der Waals surface area contributed by atoms with Crippen LogP contribution in [0.2, 0.25) is 0 Å². The van der Waals surface area contributed by atoms with Crippen molar-refractivity contribution in [2.24, 2.45) is 0 Å². The molecule has 0 amide bonds. The summed E-state index contributed by atoms with van der Waals surface area (Å²) in [6.07, 6.45) is 0. The number of hydrogen-bond acceptors (Lipinski definition) is 4. The summed E-state index contributed by atoms with van der Waals surface area (Å²) in [6.45, 7) is 4.62. The normalized spacial score (nSPS) is 13.5. The topological polar surface area (TPSA) is 38.9 Å². The Kier molecular flexibility index (Phi) is 5.50. The van der Waals surface area contributed by atoms with Gasteiger partial charge in [0, 0.05) is 42.1 Å². The molecule has 0 atom stereocenters. The first kappa shape index (κ1) is 26.6. The smallest absolute Gasteiger partial charge is 0.180 e. The zero-order chi connectivity index (χ0) is 31.3. The van der Waals surface area contributed by atoms with Crippen molar-refractivity contribution in [3.8, 4) is 44.9 Å². The minimum Gasteiger partial charge on any atom is -0.452 e. The highest BCUT2D eigenvalue weighted by Crippen LogP contribution is 2.49. The third-order valence-corrected chi connectivity index (χ3v) is 11.1. The van der Waals surface area contributed by atoms with Crippen molar-refractivity contribution >= 4 is 53.6 Å². The van der Waals surface area contributed by atoms with Crippen LogP contribution in [0.4, 0.5) is 0 Å². The molecule has 0 unspecified atom stereocenters. The van der Waals surface area contributed by atoms with Crippen molar-refractivity contribution in [2.45, 2.75) is 19.3 Å². The van der Waals surface area contributed by atoms with Crippen LogP contribution in [-0.2, 0) is 5.41 Å². The van der Waals surface area contributed by atoms with Crippen LogP contribution >= 0.6 is 11.3 Å². The Morgan fingerprint density at radius 3 is 2.21 bits per heavy atom. The minimum absolute atomic E-state index is 0.112. The number of fused-ring (bicyclic) bond motifs is 9. The van der Waals surface area contributed by atoms with Gasteiger partial charge in [0.05, 0.1) is 0 Å². The fourth-order valence-corrected chi connectivity index (χ4v) is 8.81. The van der Waals surface area contributed by atoms with Gasteiger partial charge in [0.2, 0.25) is 0 Å². The molecule has 47 heavy (non-hydrogen) atoms. The highest BCUT2D eigenvalue weighted by molar-refractivity contribution is 7.26. The molecule has 6 aromatic carbocycles. The summed E-state index contributed by atoms with van der Waals surface area (Å²) < 4.78 is 9.11. The van der Waals surface area contributed by atoms with E-state index in [1.165, 1.54) is 48.0 Å². The van der Waals surface area contributed by atoms with Crippen LogP contribution in [0, 0.1) is 0 Å². The van der Waals surface area contributed by atoms with Crippen molar-refractivity contribution in [3.63, 3.8) is 0 Å². The van der Waals surface area contributed by atoms with Crippen molar-refractivity contribution in [2.75, 3.05) is 0 Å². The predicted molar refractivity (Wildman–Crippen MR) is 196 cm³/mol. The van der Waals surface area contributed by atoms with Crippen LogP contribution in [0.25, 0.3) is 87.1 Å². The number of hydrogen-bond donors (Lipinski definition) is 0. The first-order valence-corrected chi connectivity index (χ1v) is 16.8. The molecule has 0 spiro atoms. The van der Waals surface area contributed by atoms with Gasteiger partial charge in [-0.1, -0.05) is 117 Å². The van der Waals surface area contributed by atoms with Gasteiger partial charge in [0.25, 0.3) is 0 Å². The molecule has 0 fully saturated rings. The van der Waals surface area contributed by atoms with Gasteiger partial charge in [0.1, 0.15) is 16.8 Å². The molecule has 4 heteroatoms. The van der Waals surface area contributed by atoms with Gasteiger partial charge < -0.3 is 4.42 Å². The molecule has 0 saturated heterocycles. The molecule has 222 valence electrons. The molecule has 0 radical (unpaired) electrons. The summed E-state index contributed by atoms with van der Waals surface area (Å²) >= 11 is 1.85. The number of benzene rings is 6. The SMILES string of the molecule is CC1(C)c2ccccc2-c2ccc(-c3nc(-c4cccc(-c5cccc6c5sc5ccccc56)c4)c4oc5ccccc5c4n3)cc21. The zero-order valence-corrected chi connectivity index (χ0v) is 26.7. The molecule has 10 rings (SSSR count). The van der Waals surface area contributed by atoms with Crippen LogP contribution in [-0.4, -0.2) is 9.97 Å². The van der Waals surface area contributed by atoms with E-state index in [1.807, 2.05) is 29.5 Å². The minimum atomic E-state index is -0.112. The van der Waals surface area contributed by atoms with Crippen molar-refractivity contribution in [1.82, 2.24) is 9.97 Å². The van der Waals surface area contributed by atoms with Gasteiger partial charge in [0.15, 0.2) is 11.4 Å². The van der Waals surface area contributed by atoms with E-state index in [9.17, 15) is 0 Å². The summed E-state index contributed by atoms with van der Waals surface area (Å²) in [7, 11) is 0. The summed E-state index contributed by atoms with van der Waals surface area (Å²) in [5.74, 6) is 0.700. The Balaban J connectivity index is 1.18. The molecule has 3 nitrogen and oxygen atoms in total. The standard InChI is InChI=1S/C43H28N2OS/c1-43(2)34-18-6-3-13-29(34)30-22-21-27(24-35(30)43)42-44-38(40-39(45-42)33-15-4-7-19-36(33)46-40)26-12-9-11-25(23-26)28-16-10-17-32-31-14-5-8-20-37(31)47-41(28)32/h3-24H,1-2H3. The number of para-hydroxylation sites is 1. The third kappa shape index (κ3) is 3.85. The van der Waals surface area contributed by atoms with Gasteiger partial charge >= 0.3 is 0 Å². The van der Waals surface area contributed by atoms with Gasteiger partial charge in [-0.15, -0.1) is 11.3 Å². The molecule has 1 aliphatic rings. The highest BCUT2D eigenvalue weighted by atomic mass is 32.1. The van der Waals surface area contributed by atoms with Crippen molar-refractivity contribution in [3.05, 3.63) is 145 Å². The lowest BCUT2D eigenvalue weighted by Crippen LogP contribution is -2.15. The number of rotatable bonds is 3. The van der Waals surface area contributed by atoms with Crippen LogP contribution < -0.4 is 0 Å². The molecule has 1 aliphatic carbocycles. The second-order valence-electron chi connectivity index (χ2n) is 13.0. The van der Waals surface area contributed by atoms with E-state index < -0.39 is 0 Å². The van der Waals surface area contributed by atoms with Gasteiger partial charge in [-0.3, -0.25) is 0 Å². The quantitative estimate of drug-likeness (QED) is 0.197. The molecular weight excluding hydrogens is 593 g/mol. The van der Waals surface area contributed by atoms with E-state index in [0.717, 1.165) is 38.9 Å². The molecular formula is C43H28N2OS. The lowest BCUT2D eigenvalue weighted by Gasteiger charge is -2.21. The first-order valence-electron chi connectivity index (χ1n) is 16.0. The second kappa shape index (κ2) is 9.71. The van der Waals surface area contributed by atoms with E-state index in [0.29, 0.717) is 11.4 Å². The number of thiophene rings is 1. The van der Waals surface area contributed by atoms with E-state index >= 15 is 0 Å². The van der Waals surface area contributed by atoms with E-state index in [4.69, 9.17) is 14.4 Å². The maximum atomic E-state index is 6.51. The first-order chi connectivity index (χ1) is 23.0. The zero-order valence-electron chi connectivity index (χ0n) is 25.9. The van der Waals surface area contributed by atoms with E-state index in [2.05, 4.69) is 129 Å². The van der Waals surface area contributed by atoms with Gasteiger partial charge in [-0.25, -0.2) is 9.97 Å². The summed E-state index contributed by atoms with van der Waals surface area (Å²) in [6, 6.07) is 47.6. The molecule has 0 bridgehead atoms. The average molecular weight is 621 g/mol. The third-order valence-electron chi connectivity index (χ3n) is 9.91. The lowest BCUT2D eigenvalue weighted by molar-refractivity contribution is 0.660. The predicted octanol–water partition coefficient (Wildman–Crippen LogP) is 12.1. The molecule has 0 saturated carbocycles. The van der Waals surface area contributed by atoms with Crippen LogP contribution in [0.15, 0.2) is 138 Å². The number of nitrogens with zero attached hydrogens (tertiary/aromatic N) is 2. The fourth-order valence-electron chi connectivity index (χ4n) is 7.57. The Morgan fingerprint density at radius 1 is 0.553 bits per heavy atom. The maximum Gasteiger partial charge on any atom is 0.180 e. The Bertz CT molecular complexity index is 2730. The Labute approximate surface area is 275 Å². The van der Waals surface area contributed by atoms with Crippen LogP contribution in [0.5, 0.6) is 0 Å². The van der Waals surface area contributed by atoms with Gasteiger partial charge in [-0.2, -0.15) is 0 Å². The summed E-state index contributed by atoms with van der Waals surface area (Å²) in [5.41, 5.74) is 12.7. The van der Waals surface area contributed by atoms with E-state index in [-0.39, 0.29) is 5.41 Å². The van der Waals surface area contributed by atoms with Crippen LogP contribution in [0.1, 0.15) is 25.0 Å². The maximum absolute atomic E-state index is 6.51. The Hall–Kier alpha value is -5.58. The second-order valence-corrected chi connectivity index (χ2v) is 14.0. The van der Waals surface area contributed by atoms with Gasteiger partial charge in [-0.05, 0) is 63.7 Å². The largest absolute Gasteiger partial charge is 0.452 e. The molecule has 3 aromatic heterocycles. The average Bonchev–Trinajstić information content (AvgIpc) is 3.76. The summed E-state index contributed by atoms with van der Waals surface area (Å²) in [5, 5.41) is 3.59. The summed E-state index contributed by atoms with van der Waals surface area (Å²) in [4.78, 5) is 10.5. The number of aromatic nitrogens is 2. The lowest BCUT2D eigenvalue weighted by atomic mass is 9.82. The monoisotopic (exact) mass is 620 g/mol. The van der Waals surface area contributed by atoms with E-state index in [1.54, 1.807) is 0 Å². The molecule has 0 N–H and O–H groups in total. The molecule has 9 aromatic rings. The molecule has 0 aliphatic heterocycles.